The Kier molecular flexibility index (Phi) is 12.7. The minimum absolute atomic E-state index is 0.463. The standard InChI is InChI=1S/C15H36N4/c1-15(2,7-3-11-18-13-5-9-16)8-4-12-19-14-6-10-17/h18-19H,3-14,16-17H2,1-2H3. The van der Waals surface area contributed by atoms with E-state index in [2.05, 4.69) is 24.5 Å². The molecule has 0 bridgehead atoms. The highest BCUT2D eigenvalue weighted by molar-refractivity contribution is 4.70. The summed E-state index contributed by atoms with van der Waals surface area (Å²) in [7, 11) is 0. The molecule has 4 heteroatoms. The molecule has 0 saturated carbocycles. The Morgan fingerprint density at radius 3 is 1.42 bits per heavy atom. The number of nitrogens with one attached hydrogen (secondary N) is 2. The molecule has 0 aliphatic rings. The van der Waals surface area contributed by atoms with Gasteiger partial charge in [-0.1, -0.05) is 13.8 Å². The highest BCUT2D eigenvalue weighted by Crippen LogP contribution is 2.27. The SMILES string of the molecule is CC(C)(CCCNCCCN)CCCNCCCN. The second-order valence-electron chi connectivity index (χ2n) is 6.16. The van der Waals surface area contributed by atoms with E-state index < -0.39 is 0 Å². The Balaban J connectivity index is 3.36. The summed E-state index contributed by atoms with van der Waals surface area (Å²) >= 11 is 0. The first-order valence-electron chi connectivity index (χ1n) is 7.94. The van der Waals surface area contributed by atoms with Gasteiger partial charge in [0.1, 0.15) is 0 Å². The van der Waals surface area contributed by atoms with Crippen LogP contribution in [-0.2, 0) is 0 Å². The van der Waals surface area contributed by atoms with Crippen molar-refractivity contribution in [2.24, 2.45) is 16.9 Å². The maximum Gasteiger partial charge on any atom is -0.00369 e. The zero-order valence-corrected chi connectivity index (χ0v) is 13.1. The van der Waals surface area contributed by atoms with E-state index in [-0.39, 0.29) is 0 Å². The van der Waals surface area contributed by atoms with Crippen LogP contribution in [0.25, 0.3) is 0 Å². The molecule has 19 heavy (non-hydrogen) atoms. The second kappa shape index (κ2) is 12.9. The Morgan fingerprint density at radius 1 is 0.684 bits per heavy atom. The molecule has 0 rings (SSSR count). The van der Waals surface area contributed by atoms with Crippen LogP contribution in [0.1, 0.15) is 52.4 Å². The molecule has 0 heterocycles. The van der Waals surface area contributed by atoms with Gasteiger partial charge in [-0.3, -0.25) is 0 Å². The van der Waals surface area contributed by atoms with Crippen LogP contribution in [0.3, 0.4) is 0 Å². The van der Waals surface area contributed by atoms with Crippen LogP contribution in [-0.4, -0.2) is 39.3 Å². The van der Waals surface area contributed by atoms with Crippen molar-refractivity contribution < 1.29 is 0 Å². The summed E-state index contributed by atoms with van der Waals surface area (Å²) in [5, 5.41) is 6.89. The number of hydrogen-bond donors (Lipinski definition) is 4. The fourth-order valence-electron chi connectivity index (χ4n) is 2.21. The van der Waals surface area contributed by atoms with E-state index >= 15 is 0 Å². The first-order valence-corrected chi connectivity index (χ1v) is 7.94. The van der Waals surface area contributed by atoms with Gasteiger partial charge in [-0.05, 0) is 83.2 Å². The summed E-state index contributed by atoms with van der Waals surface area (Å²) in [5.41, 5.74) is 11.4. The van der Waals surface area contributed by atoms with E-state index in [1.54, 1.807) is 0 Å². The third kappa shape index (κ3) is 14.1. The molecule has 0 aromatic heterocycles. The van der Waals surface area contributed by atoms with Gasteiger partial charge in [0.2, 0.25) is 0 Å². The molecule has 0 aromatic carbocycles. The van der Waals surface area contributed by atoms with E-state index in [0.717, 1.165) is 52.1 Å². The van der Waals surface area contributed by atoms with Crippen molar-refractivity contribution in [3.05, 3.63) is 0 Å². The maximum absolute atomic E-state index is 5.46. The van der Waals surface area contributed by atoms with Gasteiger partial charge in [-0.15, -0.1) is 0 Å². The predicted octanol–water partition coefficient (Wildman–Crippen LogP) is 1.45. The van der Waals surface area contributed by atoms with Crippen LogP contribution in [0, 0.1) is 5.41 Å². The highest BCUT2D eigenvalue weighted by atomic mass is 14.9. The normalized spacial score (nSPS) is 12.0. The fraction of sp³-hybridized carbons (Fsp3) is 1.00. The van der Waals surface area contributed by atoms with Crippen molar-refractivity contribution in [2.45, 2.75) is 52.4 Å². The van der Waals surface area contributed by atoms with E-state index in [1.165, 1.54) is 25.7 Å². The van der Waals surface area contributed by atoms with Gasteiger partial charge >= 0.3 is 0 Å². The molecule has 0 saturated heterocycles. The zero-order valence-electron chi connectivity index (χ0n) is 13.1. The van der Waals surface area contributed by atoms with Gasteiger partial charge in [0.05, 0.1) is 0 Å². The highest BCUT2D eigenvalue weighted by Gasteiger charge is 2.16. The van der Waals surface area contributed by atoms with Gasteiger partial charge < -0.3 is 22.1 Å². The number of rotatable bonds is 14. The third-order valence-corrected chi connectivity index (χ3v) is 3.53. The fourth-order valence-corrected chi connectivity index (χ4v) is 2.21. The summed E-state index contributed by atoms with van der Waals surface area (Å²) in [4.78, 5) is 0. The summed E-state index contributed by atoms with van der Waals surface area (Å²) in [6.07, 6.45) is 7.28. The minimum atomic E-state index is 0.463. The van der Waals surface area contributed by atoms with Crippen LogP contribution in [0.2, 0.25) is 0 Å². The molecular formula is C15H36N4. The van der Waals surface area contributed by atoms with E-state index in [1.807, 2.05) is 0 Å². The average molecular weight is 272 g/mol. The van der Waals surface area contributed by atoms with Gasteiger partial charge in [0, 0.05) is 0 Å². The Labute approximate surface area is 120 Å². The molecule has 0 radical (unpaired) electrons. The van der Waals surface area contributed by atoms with Crippen molar-refractivity contribution in [2.75, 3.05) is 39.3 Å². The molecule has 116 valence electrons. The monoisotopic (exact) mass is 272 g/mol. The quantitative estimate of drug-likeness (QED) is 0.361. The molecule has 0 aromatic rings. The first kappa shape index (κ1) is 18.8. The molecule has 0 atom stereocenters. The van der Waals surface area contributed by atoms with Gasteiger partial charge in [-0.2, -0.15) is 0 Å². The predicted molar refractivity (Wildman–Crippen MR) is 85.3 cm³/mol. The summed E-state index contributed by atoms with van der Waals surface area (Å²) in [6.45, 7) is 10.7. The largest absolute Gasteiger partial charge is 0.330 e. The van der Waals surface area contributed by atoms with Crippen LogP contribution >= 0.6 is 0 Å². The lowest BCUT2D eigenvalue weighted by Gasteiger charge is -2.24. The van der Waals surface area contributed by atoms with Crippen LogP contribution in [0.4, 0.5) is 0 Å². The lowest BCUT2D eigenvalue weighted by atomic mass is 9.83. The molecule has 0 amide bonds. The van der Waals surface area contributed by atoms with Gasteiger partial charge in [0.15, 0.2) is 0 Å². The second-order valence-corrected chi connectivity index (χ2v) is 6.16. The van der Waals surface area contributed by atoms with E-state index in [9.17, 15) is 0 Å². The average Bonchev–Trinajstić information content (AvgIpc) is 2.38. The van der Waals surface area contributed by atoms with Crippen LogP contribution < -0.4 is 22.1 Å². The van der Waals surface area contributed by atoms with Crippen molar-refractivity contribution in [1.82, 2.24) is 10.6 Å². The van der Waals surface area contributed by atoms with Crippen molar-refractivity contribution in [3.8, 4) is 0 Å². The molecule has 0 fully saturated rings. The summed E-state index contributed by atoms with van der Waals surface area (Å²) in [6, 6.07) is 0. The Hall–Kier alpha value is -0.160. The topological polar surface area (TPSA) is 76.1 Å². The zero-order chi connectivity index (χ0) is 14.4. The molecule has 0 aliphatic heterocycles. The first-order chi connectivity index (χ1) is 9.12. The maximum atomic E-state index is 5.46. The van der Waals surface area contributed by atoms with Gasteiger partial charge in [-0.25, -0.2) is 0 Å². The third-order valence-electron chi connectivity index (χ3n) is 3.53. The minimum Gasteiger partial charge on any atom is -0.330 e. The smallest absolute Gasteiger partial charge is 0.00369 e. The molecule has 4 nitrogen and oxygen atoms in total. The van der Waals surface area contributed by atoms with Crippen molar-refractivity contribution in [1.29, 1.82) is 0 Å². The summed E-state index contributed by atoms with van der Waals surface area (Å²) < 4.78 is 0. The molecular weight excluding hydrogens is 236 g/mol. The van der Waals surface area contributed by atoms with Crippen LogP contribution in [0.5, 0.6) is 0 Å². The number of hydrogen-bond acceptors (Lipinski definition) is 4. The molecule has 0 spiro atoms. The number of nitrogens with two attached hydrogens (primary N) is 2. The van der Waals surface area contributed by atoms with Crippen molar-refractivity contribution >= 4 is 0 Å². The lowest BCUT2D eigenvalue weighted by molar-refractivity contribution is 0.287. The van der Waals surface area contributed by atoms with E-state index in [0.29, 0.717) is 5.41 Å². The van der Waals surface area contributed by atoms with Crippen molar-refractivity contribution in [3.63, 3.8) is 0 Å². The molecule has 0 unspecified atom stereocenters. The van der Waals surface area contributed by atoms with Crippen LogP contribution in [0.15, 0.2) is 0 Å². The molecule has 0 aliphatic carbocycles. The summed E-state index contributed by atoms with van der Waals surface area (Å²) in [5.74, 6) is 0. The Morgan fingerprint density at radius 2 is 1.05 bits per heavy atom. The van der Waals surface area contributed by atoms with Gasteiger partial charge in [0.25, 0.3) is 0 Å². The Bertz CT molecular complexity index is 165. The van der Waals surface area contributed by atoms with E-state index in [4.69, 9.17) is 11.5 Å². The molecule has 6 N–H and O–H groups in total. The lowest BCUT2D eigenvalue weighted by Crippen LogP contribution is -2.23.